The van der Waals surface area contributed by atoms with E-state index in [-0.39, 0.29) is 11.4 Å². The number of likely N-dealkylation sites (tertiary alicyclic amines) is 1. The van der Waals surface area contributed by atoms with Crippen molar-refractivity contribution in [1.82, 2.24) is 4.90 Å². The summed E-state index contributed by atoms with van der Waals surface area (Å²) in [6.45, 7) is 5.76. The van der Waals surface area contributed by atoms with Crippen molar-refractivity contribution in [1.29, 1.82) is 0 Å². The number of hydrogen-bond donors (Lipinski definition) is 2. The molecule has 1 fully saturated rings. The Bertz CT molecular complexity index is 528. The molecule has 20 heavy (non-hydrogen) atoms. The van der Waals surface area contributed by atoms with Crippen LogP contribution in [0.1, 0.15) is 32.3 Å². The van der Waals surface area contributed by atoms with Crippen LogP contribution in [0.5, 0.6) is 0 Å². The monoisotopic (exact) mass is 291 g/mol. The highest BCUT2D eigenvalue weighted by Gasteiger charge is 2.32. The number of rotatable bonds is 4. The number of carbonyl (C=O) groups is 1. The molecule has 0 unspecified atom stereocenters. The SMILES string of the molecule is CC1(C)CCCN1CC(=O)Nc1cccc(C(N)=S)c1. The summed E-state index contributed by atoms with van der Waals surface area (Å²) in [5.41, 5.74) is 7.20. The van der Waals surface area contributed by atoms with Crippen LogP contribution in [0.15, 0.2) is 24.3 Å². The van der Waals surface area contributed by atoms with Crippen LogP contribution in [0.2, 0.25) is 0 Å². The lowest BCUT2D eigenvalue weighted by molar-refractivity contribution is -0.118. The van der Waals surface area contributed by atoms with E-state index in [2.05, 4.69) is 24.1 Å². The average Bonchev–Trinajstić information content (AvgIpc) is 2.69. The molecule has 1 aliphatic rings. The van der Waals surface area contributed by atoms with Gasteiger partial charge >= 0.3 is 0 Å². The standard InChI is InChI=1S/C15H21N3OS/c1-15(2)7-4-8-18(15)10-13(19)17-12-6-3-5-11(9-12)14(16)20/h3,5-6,9H,4,7-8,10H2,1-2H3,(H2,16,20)(H,17,19). The summed E-state index contributed by atoms with van der Waals surface area (Å²) in [5, 5.41) is 2.91. The molecule has 1 heterocycles. The quantitative estimate of drug-likeness (QED) is 0.834. The van der Waals surface area contributed by atoms with E-state index in [1.807, 2.05) is 18.2 Å². The van der Waals surface area contributed by atoms with Crippen molar-refractivity contribution < 1.29 is 4.79 Å². The van der Waals surface area contributed by atoms with Crippen LogP contribution >= 0.6 is 12.2 Å². The summed E-state index contributed by atoms with van der Waals surface area (Å²) >= 11 is 4.94. The van der Waals surface area contributed by atoms with E-state index in [9.17, 15) is 4.79 Å². The fourth-order valence-electron chi connectivity index (χ4n) is 2.58. The second-order valence-electron chi connectivity index (χ2n) is 5.83. The summed E-state index contributed by atoms with van der Waals surface area (Å²) in [6, 6.07) is 7.32. The Kier molecular flexibility index (Phi) is 4.40. The topological polar surface area (TPSA) is 58.4 Å². The first-order valence-corrected chi connectivity index (χ1v) is 7.24. The van der Waals surface area contributed by atoms with Crippen LogP contribution < -0.4 is 11.1 Å². The van der Waals surface area contributed by atoms with Crippen LogP contribution in [-0.2, 0) is 4.79 Å². The largest absolute Gasteiger partial charge is 0.389 e. The fraction of sp³-hybridized carbons (Fsp3) is 0.467. The fourth-order valence-corrected chi connectivity index (χ4v) is 2.71. The second kappa shape index (κ2) is 5.89. The van der Waals surface area contributed by atoms with Crippen LogP contribution in [0.3, 0.4) is 0 Å². The van der Waals surface area contributed by atoms with E-state index < -0.39 is 0 Å². The van der Waals surface area contributed by atoms with E-state index in [0.29, 0.717) is 11.5 Å². The summed E-state index contributed by atoms with van der Waals surface area (Å²) < 4.78 is 0. The van der Waals surface area contributed by atoms with E-state index in [0.717, 1.165) is 30.6 Å². The average molecular weight is 291 g/mol. The third-order valence-corrected chi connectivity index (χ3v) is 4.07. The number of thiocarbonyl (C=S) groups is 1. The Morgan fingerprint density at radius 2 is 2.25 bits per heavy atom. The zero-order chi connectivity index (χ0) is 14.8. The highest BCUT2D eigenvalue weighted by atomic mass is 32.1. The van der Waals surface area contributed by atoms with Gasteiger partial charge in [0.25, 0.3) is 0 Å². The first-order valence-electron chi connectivity index (χ1n) is 6.83. The normalized spacial score (nSPS) is 17.9. The second-order valence-corrected chi connectivity index (χ2v) is 6.27. The lowest BCUT2D eigenvalue weighted by Gasteiger charge is -2.30. The molecule has 1 aromatic rings. The summed E-state index contributed by atoms with van der Waals surface area (Å²) in [7, 11) is 0. The lowest BCUT2D eigenvalue weighted by atomic mass is 10.0. The molecule has 4 nitrogen and oxygen atoms in total. The van der Waals surface area contributed by atoms with Crippen LogP contribution in [-0.4, -0.2) is 34.4 Å². The minimum absolute atomic E-state index is 0.0000600. The van der Waals surface area contributed by atoms with Gasteiger partial charge < -0.3 is 11.1 Å². The molecule has 3 N–H and O–H groups in total. The van der Waals surface area contributed by atoms with Crippen molar-refractivity contribution in [2.75, 3.05) is 18.4 Å². The maximum atomic E-state index is 12.1. The van der Waals surface area contributed by atoms with Crippen molar-refractivity contribution in [3.63, 3.8) is 0 Å². The molecular formula is C15H21N3OS. The number of nitrogens with one attached hydrogen (secondary N) is 1. The molecule has 0 radical (unpaired) electrons. The van der Waals surface area contributed by atoms with Crippen molar-refractivity contribution in [3.05, 3.63) is 29.8 Å². The maximum Gasteiger partial charge on any atom is 0.238 e. The number of amides is 1. The minimum Gasteiger partial charge on any atom is -0.389 e. The van der Waals surface area contributed by atoms with Gasteiger partial charge in [0.2, 0.25) is 5.91 Å². The Labute approximate surface area is 125 Å². The third kappa shape index (κ3) is 3.55. The van der Waals surface area contributed by atoms with E-state index in [1.54, 1.807) is 6.07 Å². The predicted molar refractivity (Wildman–Crippen MR) is 85.8 cm³/mol. The molecular weight excluding hydrogens is 270 g/mol. The Morgan fingerprint density at radius 3 is 2.85 bits per heavy atom. The van der Waals surface area contributed by atoms with Crippen LogP contribution in [0, 0.1) is 0 Å². The van der Waals surface area contributed by atoms with E-state index in [4.69, 9.17) is 18.0 Å². The summed E-state index contributed by atoms with van der Waals surface area (Å²) in [4.78, 5) is 14.7. The molecule has 1 amide bonds. The Morgan fingerprint density at radius 1 is 1.50 bits per heavy atom. The molecule has 1 saturated heterocycles. The zero-order valence-electron chi connectivity index (χ0n) is 12.0. The molecule has 2 rings (SSSR count). The van der Waals surface area contributed by atoms with Crippen molar-refractivity contribution in [2.45, 2.75) is 32.2 Å². The summed E-state index contributed by atoms with van der Waals surface area (Å²) in [6.07, 6.45) is 2.29. The molecule has 0 saturated carbocycles. The minimum atomic E-state index is 0.0000600. The molecule has 0 aromatic heterocycles. The number of benzene rings is 1. The van der Waals surface area contributed by atoms with E-state index >= 15 is 0 Å². The van der Waals surface area contributed by atoms with Gasteiger partial charge in [-0.25, -0.2) is 0 Å². The first-order chi connectivity index (χ1) is 9.38. The van der Waals surface area contributed by atoms with Gasteiger partial charge in [0.05, 0.1) is 6.54 Å². The molecule has 108 valence electrons. The lowest BCUT2D eigenvalue weighted by Crippen LogP contribution is -2.42. The first kappa shape index (κ1) is 14.9. The van der Waals surface area contributed by atoms with Gasteiger partial charge in [0.15, 0.2) is 0 Å². The van der Waals surface area contributed by atoms with Crippen molar-refractivity contribution in [2.24, 2.45) is 5.73 Å². The molecule has 0 aliphatic carbocycles. The van der Waals surface area contributed by atoms with Gasteiger partial charge in [-0.1, -0.05) is 24.4 Å². The number of hydrogen-bond acceptors (Lipinski definition) is 3. The highest BCUT2D eigenvalue weighted by Crippen LogP contribution is 2.27. The van der Waals surface area contributed by atoms with Gasteiger partial charge in [0.1, 0.15) is 4.99 Å². The Balaban J connectivity index is 1.98. The molecule has 1 aliphatic heterocycles. The molecule has 1 aromatic carbocycles. The highest BCUT2D eigenvalue weighted by molar-refractivity contribution is 7.80. The van der Waals surface area contributed by atoms with E-state index in [1.165, 1.54) is 0 Å². The predicted octanol–water partition coefficient (Wildman–Crippen LogP) is 2.13. The van der Waals surface area contributed by atoms with Crippen molar-refractivity contribution >= 4 is 28.8 Å². The van der Waals surface area contributed by atoms with Crippen LogP contribution in [0.25, 0.3) is 0 Å². The number of anilines is 1. The molecule has 0 atom stereocenters. The van der Waals surface area contributed by atoms with Gasteiger partial charge in [-0.3, -0.25) is 9.69 Å². The Hall–Kier alpha value is -1.46. The maximum absolute atomic E-state index is 12.1. The van der Waals surface area contributed by atoms with Gasteiger partial charge in [-0.15, -0.1) is 0 Å². The number of nitrogens with zero attached hydrogens (tertiary/aromatic N) is 1. The zero-order valence-corrected chi connectivity index (χ0v) is 12.8. The molecule has 5 heteroatoms. The molecule has 0 spiro atoms. The van der Waals surface area contributed by atoms with Gasteiger partial charge in [0, 0.05) is 16.8 Å². The van der Waals surface area contributed by atoms with Gasteiger partial charge in [-0.05, 0) is 45.4 Å². The van der Waals surface area contributed by atoms with Crippen molar-refractivity contribution in [3.8, 4) is 0 Å². The van der Waals surface area contributed by atoms with Crippen LogP contribution in [0.4, 0.5) is 5.69 Å². The molecule has 0 bridgehead atoms. The number of carbonyl (C=O) groups excluding carboxylic acids is 1. The summed E-state index contributed by atoms with van der Waals surface area (Å²) in [5.74, 6) is 0.0000600. The third-order valence-electron chi connectivity index (χ3n) is 3.84. The van der Waals surface area contributed by atoms with Gasteiger partial charge in [-0.2, -0.15) is 0 Å². The smallest absolute Gasteiger partial charge is 0.238 e. The number of nitrogens with two attached hydrogens (primary N) is 1.